The predicted octanol–water partition coefficient (Wildman–Crippen LogP) is 2.74. The third-order valence-electron chi connectivity index (χ3n) is 3.73. The Morgan fingerprint density at radius 2 is 2.12 bits per heavy atom. The van der Waals surface area contributed by atoms with E-state index in [1.54, 1.807) is 37.8 Å². The van der Waals surface area contributed by atoms with Crippen LogP contribution in [0.2, 0.25) is 5.15 Å². The van der Waals surface area contributed by atoms with Crippen molar-refractivity contribution in [3.63, 3.8) is 0 Å². The van der Waals surface area contributed by atoms with E-state index >= 15 is 0 Å². The molecule has 0 atom stereocenters. The Morgan fingerprint density at radius 3 is 2.68 bits per heavy atom. The van der Waals surface area contributed by atoms with E-state index in [2.05, 4.69) is 9.84 Å². The largest absolute Gasteiger partial charge is 0.465 e. The zero-order valence-electron chi connectivity index (χ0n) is 14.8. The Kier molecular flexibility index (Phi) is 5.69. The van der Waals surface area contributed by atoms with Gasteiger partial charge in [0.05, 0.1) is 19.3 Å². The van der Waals surface area contributed by atoms with Crippen LogP contribution in [0.4, 0.5) is 0 Å². The third-order valence-corrected chi connectivity index (χ3v) is 4.18. The average molecular weight is 366 g/mol. The Hall–Kier alpha value is -2.54. The molecular formula is C17H20ClN3O4. The molecule has 0 unspecified atom stereocenters. The van der Waals surface area contributed by atoms with E-state index in [1.807, 2.05) is 6.92 Å². The summed E-state index contributed by atoms with van der Waals surface area (Å²) in [5.41, 5.74) is 1.79. The normalized spacial score (nSPS) is 11.1. The first-order valence-electron chi connectivity index (χ1n) is 7.54. The monoisotopic (exact) mass is 365 g/mol. The lowest BCUT2D eigenvalue weighted by atomic mass is 10.2. The molecular weight excluding hydrogens is 346 g/mol. The third kappa shape index (κ3) is 4.11. The molecule has 0 aliphatic rings. The Labute approximate surface area is 150 Å². The van der Waals surface area contributed by atoms with Gasteiger partial charge in [-0.05, 0) is 26.0 Å². The van der Waals surface area contributed by atoms with Crippen LogP contribution in [0.1, 0.15) is 33.1 Å². The van der Waals surface area contributed by atoms with Gasteiger partial charge in [-0.2, -0.15) is 5.10 Å². The van der Waals surface area contributed by atoms with Crippen LogP contribution in [0.25, 0.3) is 6.08 Å². The maximum Gasteiger partial charge on any atom is 0.341 e. The molecule has 0 spiro atoms. The number of hydrogen-bond acceptors (Lipinski definition) is 5. The van der Waals surface area contributed by atoms with E-state index in [0.29, 0.717) is 27.8 Å². The van der Waals surface area contributed by atoms with Crippen LogP contribution in [0, 0.1) is 13.8 Å². The summed E-state index contributed by atoms with van der Waals surface area (Å²) in [4.78, 5) is 25.3. The van der Waals surface area contributed by atoms with Crippen LogP contribution in [-0.4, -0.2) is 40.7 Å². The second kappa shape index (κ2) is 7.57. The maximum absolute atomic E-state index is 12.3. The van der Waals surface area contributed by atoms with Crippen LogP contribution in [0.3, 0.4) is 0 Å². The number of carbonyl (C=O) groups excluding carboxylic acids is 2. The molecule has 0 aliphatic heterocycles. The number of aromatic nitrogens is 2. The topological polar surface area (TPSA) is 77.6 Å². The number of carbonyl (C=O) groups is 2. The van der Waals surface area contributed by atoms with Crippen molar-refractivity contribution >= 4 is 29.6 Å². The average Bonchev–Trinajstić information content (AvgIpc) is 3.04. The van der Waals surface area contributed by atoms with Gasteiger partial charge in [0.15, 0.2) is 0 Å². The van der Waals surface area contributed by atoms with E-state index in [1.165, 1.54) is 18.1 Å². The minimum atomic E-state index is -0.469. The number of amides is 1. The molecule has 2 rings (SSSR count). The van der Waals surface area contributed by atoms with Crippen molar-refractivity contribution in [2.45, 2.75) is 20.4 Å². The summed E-state index contributed by atoms with van der Waals surface area (Å²) < 4.78 is 11.7. The Balaban J connectivity index is 2.08. The van der Waals surface area contributed by atoms with E-state index in [9.17, 15) is 9.59 Å². The highest BCUT2D eigenvalue weighted by atomic mass is 35.5. The molecule has 0 bridgehead atoms. The standard InChI is InChI=1S/C17H20ClN3O4/c1-10-13(16(18)21(4)19-10)6-7-15(22)20(3)9-12-8-14(11(2)25-12)17(23)24-5/h6-8H,9H2,1-5H3/b7-6+. The fraction of sp³-hybridized carbons (Fsp3) is 0.353. The first-order valence-corrected chi connectivity index (χ1v) is 7.92. The molecule has 2 aromatic heterocycles. The Morgan fingerprint density at radius 1 is 1.44 bits per heavy atom. The fourth-order valence-electron chi connectivity index (χ4n) is 2.36. The number of methoxy groups -OCH3 is 1. The molecule has 8 heteroatoms. The fourth-order valence-corrected chi connectivity index (χ4v) is 2.60. The summed E-state index contributed by atoms with van der Waals surface area (Å²) in [5, 5.41) is 4.65. The molecule has 2 aromatic rings. The lowest BCUT2D eigenvalue weighted by molar-refractivity contribution is -0.125. The molecule has 0 N–H and O–H groups in total. The summed E-state index contributed by atoms with van der Waals surface area (Å²) in [6.45, 7) is 3.71. The molecule has 0 radical (unpaired) electrons. The second-order valence-corrected chi connectivity index (χ2v) is 5.97. The predicted molar refractivity (Wildman–Crippen MR) is 93.2 cm³/mol. The molecule has 0 fully saturated rings. The smallest absolute Gasteiger partial charge is 0.341 e. The molecule has 0 saturated heterocycles. The van der Waals surface area contributed by atoms with E-state index in [0.717, 1.165) is 5.69 Å². The number of hydrogen-bond donors (Lipinski definition) is 0. The number of aryl methyl sites for hydroxylation is 3. The highest BCUT2D eigenvalue weighted by Gasteiger charge is 2.17. The van der Waals surface area contributed by atoms with E-state index in [-0.39, 0.29) is 12.5 Å². The number of likely N-dealkylation sites (N-methyl/N-ethyl adjacent to an activating group) is 1. The van der Waals surface area contributed by atoms with Gasteiger partial charge in [-0.25, -0.2) is 4.79 Å². The minimum absolute atomic E-state index is 0.223. The van der Waals surface area contributed by atoms with Crippen LogP contribution >= 0.6 is 11.6 Å². The second-order valence-electron chi connectivity index (χ2n) is 5.62. The van der Waals surface area contributed by atoms with Gasteiger partial charge < -0.3 is 14.1 Å². The summed E-state index contributed by atoms with van der Waals surface area (Å²) in [6, 6.07) is 1.58. The van der Waals surface area contributed by atoms with Crippen molar-refractivity contribution in [3.8, 4) is 0 Å². The van der Waals surface area contributed by atoms with Crippen molar-refractivity contribution in [1.82, 2.24) is 14.7 Å². The maximum atomic E-state index is 12.3. The van der Waals surface area contributed by atoms with Crippen molar-refractivity contribution in [2.75, 3.05) is 14.2 Å². The van der Waals surface area contributed by atoms with Gasteiger partial charge in [0.25, 0.3) is 0 Å². The van der Waals surface area contributed by atoms with Gasteiger partial charge in [0.2, 0.25) is 5.91 Å². The van der Waals surface area contributed by atoms with E-state index in [4.69, 9.17) is 16.0 Å². The lowest BCUT2D eigenvalue weighted by Crippen LogP contribution is -2.23. The molecule has 2 heterocycles. The SMILES string of the molecule is COC(=O)c1cc(CN(C)C(=O)/C=C/c2c(C)nn(C)c2Cl)oc1C. The Bertz CT molecular complexity index is 835. The van der Waals surface area contributed by atoms with E-state index < -0.39 is 5.97 Å². The van der Waals surface area contributed by atoms with Gasteiger partial charge in [-0.1, -0.05) is 11.6 Å². The highest BCUT2D eigenvalue weighted by molar-refractivity contribution is 6.31. The summed E-state index contributed by atoms with van der Waals surface area (Å²) >= 11 is 6.14. The van der Waals surface area contributed by atoms with Gasteiger partial charge in [-0.15, -0.1) is 0 Å². The van der Waals surface area contributed by atoms with Gasteiger partial charge in [0.1, 0.15) is 22.2 Å². The first kappa shape index (κ1) is 18.8. The number of rotatable bonds is 5. The molecule has 7 nitrogen and oxygen atoms in total. The number of furan rings is 1. The van der Waals surface area contributed by atoms with Crippen molar-refractivity contribution in [3.05, 3.63) is 45.6 Å². The number of ether oxygens (including phenoxy) is 1. The van der Waals surface area contributed by atoms with Crippen LogP contribution < -0.4 is 0 Å². The van der Waals surface area contributed by atoms with Crippen LogP contribution in [0.15, 0.2) is 16.6 Å². The van der Waals surface area contributed by atoms with Crippen molar-refractivity contribution < 1.29 is 18.7 Å². The quantitative estimate of drug-likeness (QED) is 0.601. The van der Waals surface area contributed by atoms with Crippen LogP contribution in [0.5, 0.6) is 0 Å². The molecule has 134 valence electrons. The zero-order chi connectivity index (χ0) is 18.7. The summed E-state index contributed by atoms with van der Waals surface area (Å²) in [7, 11) is 4.68. The molecule has 1 amide bonds. The van der Waals surface area contributed by atoms with Gasteiger partial charge >= 0.3 is 5.97 Å². The highest BCUT2D eigenvalue weighted by Crippen LogP contribution is 2.20. The number of esters is 1. The summed E-state index contributed by atoms with van der Waals surface area (Å²) in [6.07, 6.45) is 3.06. The molecule has 0 saturated carbocycles. The summed E-state index contributed by atoms with van der Waals surface area (Å²) in [5.74, 6) is 0.254. The van der Waals surface area contributed by atoms with Crippen LogP contribution in [-0.2, 0) is 23.1 Å². The van der Waals surface area contributed by atoms with Gasteiger partial charge in [-0.3, -0.25) is 9.48 Å². The van der Waals surface area contributed by atoms with Gasteiger partial charge in [0, 0.05) is 25.7 Å². The lowest BCUT2D eigenvalue weighted by Gasteiger charge is -2.12. The molecule has 0 aliphatic carbocycles. The molecule has 0 aromatic carbocycles. The number of nitrogens with zero attached hydrogens (tertiary/aromatic N) is 3. The molecule has 25 heavy (non-hydrogen) atoms. The first-order chi connectivity index (χ1) is 11.7. The van der Waals surface area contributed by atoms with Crippen molar-refractivity contribution in [1.29, 1.82) is 0 Å². The number of halogens is 1. The zero-order valence-corrected chi connectivity index (χ0v) is 15.5. The van der Waals surface area contributed by atoms with Crippen molar-refractivity contribution in [2.24, 2.45) is 7.05 Å². The minimum Gasteiger partial charge on any atom is -0.465 e.